The molecule has 0 radical (unpaired) electrons. The van der Waals surface area contributed by atoms with Crippen molar-refractivity contribution >= 4 is 28.9 Å². The number of benzene rings is 2. The zero-order chi connectivity index (χ0) is 23.9. The number of ether oxygens (including phenoxy) is 1. The number of morpholine rings is 1. The van der Waals surface area contributed by atoms with E-state index in [0.717, 1.165) is 43.2 Å². The van der Waals surface area contributed by atoms with Gasteiger partial charge in [0.1, 0.15) is 0 Å². The van der Waals surface area contributed by atoms with Crippen LogP contribution >= 0.6 is 0 Å². The van der Waals surface area contributed by atoms with Crippen molar-refractivity contribution in [3.05, 3.63) is 60.8 Å². The minimum Gasteiger partial charge on any atom is -0.378 e. The maximum Gasteiger partial charge on any atom is 0.241 e. The van der Waals surface area contributed by atoms with Crippen molar-refractivity contribution in [2.45, 2.75) is 26.3 Å². The second kappa shape index (κ2) is 11.1. The van der Waals surface area contributed by atoms with E-state index in [1.807, 2.05) is 56.3 Å². The Balaban J connectivity index is 1.38. The number of amides is 1. The van der Waals surface area contributed by atoms with Gasteiger partial charge in [-0.15, -0.1) is 0 Å². The van der Waals surface area contributed by atoms with Crippen molar-refractivity contribution in [1.29, 1.82) is 0 Å². The molecule has 0 unspecified atom stereocenters. The normalized spacial score (nSPS) is 14.6. The number of rotatable bonds is 8. The number of nitrogens with zero attached hydrogens (tertiary/aromatic N) is 3. The summed E-state index contributed by atoms with van der Waals surface area (Å²) in [7, 11) is 0. The summed E-state index contributed by atoms with van der Waals surface area (Å²) in [6.07, 6.45) is 2.38. The molecule has 34 heavy (non-hydrogen) atoms. The lowest BCUT2D eigenvalue weighted by molar-refractivity contribution is -0.117. The molecule has 178 valence electrons. The number of hydrogen-bond acceptors (Lipinski definition) is 7. The number of nitrogens with one attached hydrogen (secondary N) is 2. The lowest BCUT2D eigenvalue weighted by Crippen LogP contribution is -2.36. The van der Waals surface area contributed by atoms with Crippen LogP contribution in [-0.4, -0.2) is 48.2 Å². The average Bonchev–Trinajstić information content (AvgIpc) is 2.85. The van der Waals surface area contributed by atoms with Crippen LogP contribution in [0.25, 0.3) is 11.3 Å². The summed E-state index contributed by atoms with van der Waals surface area (Å²) < 4.78 is 5.42. The quantitative estimate of drug-likeness (QED) is 0.466. The van der Waals surface area contributed by atoms with E-state index in [1.54, 1.807) is 6.20 Å². The summed E-state index contributed by atoms with van der Waals surface area (Å²) in [4.78, 5) is 23.6. The van der Waals surface area contributed by atoms with Crippen LogP contribution < -0.4 is 21.3 Å². The molecule has 1 aromatic heterocycles. The summed E-state index contributed by atoms with van der Waals surface area (Å²) >= 11 is 0. The van der Waals surface area contributed by atoms with Gasteiger partial charge < -0.3 is 26.0 Å². The Labute approximate surface area is 200 Å². The molecule has 1 aliphatic rings. The Morgan fingerprint density at radius 3 is 2.38 bits per heavy atom. The van der Waals surface area contributed by atoms with Gasteiger partial charge in [0, 0.05) is 41.9 Å². The van der Waals surface area contributed by atoms with Crippen LogP contribution in [0.1, 0.15) is 20.3 Å². The van der Waals surface area contributed by atoms with Crippen molar-refractivity contribution in [2.75, 3.05) is 41.8 Å². The first-order chi connectivity index (χ1) is 16.5. The monoisotopic (exact) mass is 460 g/mol. The molecule has 3 aromatic rings. The van der Waals surface area contributed by atoms with Gasteiger partial charge in [-0.2, -0.15) is 0 Å². The molecule has 1 saturated heterocycles. The van der Waals surface area contributed by atoms with Crippen molar-refractivity contribution in [1.82, 2.24) is 9.97 Å². The zero-order valence-electron chi connectivity index (χ0n) is 19.7. The summed E-state index contributed by atoms with van der Waals surface area (Å²) in [5.41, 5.74) is 10.5. The number of carbonyl (C=O) groups excluding carboxylic acids is 1. The van der Waals surface area contributed by atoms with Gasteiger partial charge in [0.05, 0.1) is 24.9 Å². The smallest absolute Gasteiger partial charge is 0.241 e. The van der Waals surface area contributed by atoms with Crippen molar-refractivity contribution < 1.29 is 9.53 Å². The molecule has 2 aromatic carbocycles. The van der Waals surface area contributed by atoms with E-state index in [2.05, 4.69) is 37.6 Å². The molecule has 1 atom stereocenters. The fourth-order valence-electron chi connectivity index (χ4n) is 3.86. The van der Waals surface area contributed by atoms with Crippen LogP contribution in [0.15, 0.2) is 60.8 Å². The third-order valence-electron chi connectivity index (χ3n) is 5.67. The Bertz CT molecular complexity index is 1080. The van der Waals surface area contributed by atoms with Gasteiger partial charge in [-0.3, -0.25) is 4.79 Å². The molecule has 4 N–H and O–H groups in total. The predicted octanol–water partition coefficient (Wildman–Crippen LogP) is 4.04. The third kappa shape index (κ3) is 6.30. The van der Waals surface area contributed by atoms with Gasteiger partial charge >= 0.3 is 0 Å². The zero-order valence-corrected chi connectivity index (χ0v) is 19.7. The van der Waals surface area contributed by atoms with E-state index >= 15 is 0 Å². The highest BCUT2D eigenvalue weighted by Gasteiger charge is 2.15. The van der Waals surface area contributed by atoms with Crippen LogP contribution in [0, 0.1) is 5.92 Å². The molecule has 1 aliphatic heterocycles. The SMILES string of the molecule is CC(C)C[C@@H](N)C(=O)Nc1ccc(-c2ccnc(Nc3ccc(N4CCOCC4)cc3)n2)cc1. The van der Waals surface area contributed by atoms with Crippen LogP contribution in [0.4, 0.5) is 23.0 Å². The highest BCUT2D eigenvalue weighted by molar-refractivity contribution is 5.94. The lowest BCUT2D eigenvalue weighted by Gasteiger charge is -2.28. The van der Waals surface area contributed by atoms with Gasteiger partial charge in [-0.25, -0.2) is 9.97 Å². The standard InChI is InChI=1S/C26H32N6O2/c1-18(2)17-23(27)25(33)29-20-5-3-19(4-6-20)24-11-12-28-26(31-24)30-21-7-9-22(10-8-21)32-13-15-34-16-14-32/h3-12,18,23H,13-17,27H2,1-2H3,(H,29,33)(H,28,30,31)/t23-/m1/s1. The summed E-state index contributed by atoms with van der Waals surface area (Å²) in [6, 6.07) is 17.2. The Morgan fingerprint density at radius 2 is 1.71 bits per heavy atom. The number of anilines is 4. The van der Waals surface area contributed by atoms with E-state index in [4.69, 9.17) is 10.5 Å². The second-order valence-electron chi connectivity index (χ2n) is 8.84. The molecule has 0 aliphatic carbocycles. The fourth-order valence-corrected chi connectivity index (χ4v) is 3.86. The molecule has 2 heterocycles. The molecule has 0 spiro atoms. The van der Waals surface area contributed by atoms with Crippen molar-refractivity contribution in [3.8, 4) is 11.3 Å². The second-order valence-corrected chi connectivity index (χ2v) is 8.84. The molecule has 8 nitrogen and oxygen atoms in total. The van der Waals surface area contributed by atoms with Crippen LogP contribution in [-0.2, 0) is 9.53 Å². The molecule has 4 rings (SSSR count). The number of aromatic nitrogens is 2. The molecule has 8 heteroatoms. The minimum absolute atomic E-state index is 0.172. The lowest BCUT2D eigenvalue weighted by atomic mass is 10.0. The van der Waals surface area contributed by atoms with E-state index in [0.29, 0.717) is 24.0 Å². The summed E-state index contributed by atoms with van der Waals surface area (Å²) in [5, 5.41) is 6.15. The van der Waals surface area contributed by atoms with Gasteiger partial charge in [0.25, 0.3) is 0 Å². The number of nitrogens with two attached hydrogens (primary N) is 1. The Kier molecular flexibility index (Phi) is 7.72. The molecule has 1 fully saturated rings. The average molecular weight is 461 g/mol. The van der Waals surface area contributed by atoms with Gasteiger partial charge in [0.2, 0.25) is 11.9 Å². The summed E-state index contributed by atoms with van der Waals surface area (Å²) in [5.74, 6) is 0.717. The minimum atomic E-state index is -0.516. The van der Waals surface area contributed by atoms with E-state index < -0.39 is 6.04 Å². The Morgan fingerprint density at radius 1 is 1.03 bits per heavy atom. The van der Waals surface area contributed by atoms with E-state index in [-0.39, 0.29) is 5.91 Å². The molecular weight excluding hydrogens is 428 g/mol. The summed E-state index contributed by atoms with van der Waals surface area (Å²) in [6.45, 7) is 7.44. The highest BCUT2D eigenvalue weighted by atomic mass is 16.5. The first-order valence-corrected chi connectivity index (χ1v) is 11.7. The third-order valence-corrected chi connectivity index (χ3v) is 5.67. The predicted molar refractivity (Wildman–Crippen MR) is 136 cm³/mol. The number of hydrogen-bond donors (Lipinski definition) is 3. The van der Waals surface area contributed by atoms with Gasteiger partial charge in [-0.05, 0) is 54.8 Å². The van der Waals surface area contributed by atoms with Gasteiger partial charge in [0.15, 0.2) is 0 Å². The first kappa shape index (κ1) is 23.7. The molecule has 0 bridgehead atoms. The molecule has 1 amide bonds. The fraction of sp³-hybridized carbons (Fsp3) is 0.346. The van der Waals surface area contributed by atoms with Crippen molar-refractivity contribution in [2.24, 2.45) is 11.7 Å². The van der Waals surface area contributed by atoms with Crippen LogP contribution in [0.2, 0.25) is 0 Å². The van der Waals surface area contributed by atoms with Gasteiger partial charge in [-0.1, -0.05) is 26.0 Å². The topological polar surface area (TPSA) is 105 Å². The molecule has 0 saturated carbocycles. The first-order valence-electron chi connectivity index (χ1n) is 11.7. The molecular formula is C26H32N6O2. The van der Waals surface area contributed by atoms with E-state index in [1.165, 1.54) is 5.69 Å². The maximum atomic E-state index is 12.3. The van der Waals surface area contributed by atoms with Crippen LogP contribution in [0.3, 0.4) is 0 Å². The number of carbonyl (C=O) groups is 1. The highest BCUT2D eigenvalue weighted by Crippen LogP contribution is 2.23. The van der Waals surface area contributed by atoms with Crippen molar-refractivity contribution in [3.63, 3.8) is 0 Å². The van der Waals surface area contributed by atoms with E-state index in [9.17, 15) is 4.79 Å². The Hall–Kier alpha value is -3.49. The maximum absolute atomic E-state index is 12.3. The largest absolute Gasteiger partial charge is 0.378 e. The van der Waals surface area contributed by atoms with Crippen LogP contribution in [0.5, 0.6) is 0 Å².